The maximum absolute atomic E-state index is 10.9. The predicted molar refractivity (Wildman–Crippen MR) is 91.7 cm³/mol. The molecule has 0 saturated carbocycles. The van der Waals surface area contributed by atoms with Crippen molar-refractivity contribution in [2.75, 3.05) is 6.79 Å². The van der Waals surface area contributed by atoms with Crippen LogP contribution >= 0.6 is 0 Å². The second-order valence-electron chi connectivity index (χ2n) is 5.98. The van der Waals surface area contributed by atoms with Gasteiger partial charge in [-0.05, 0) is 29.8 Å². The van der Waals surface area contributed by atoms with Crippen molar-refractivity contribution in [2.24, 2.45) is 5.10 Å². The molecule has 2 aliphatic heterocycles. The third kappa shape index (κ3) is 2.23. The van der Waals surface area contributed by atoms with Crippen LogP contribution in [-0.4, -0.2) is 27.1 Å². The van der Waals surface area contributed by atoms with Gasteiger partial charge in [0.05, 0.1) is 10.6 Å². The van der Waals surface area contributed by atoms with Gasteiger partial charge < -0.3 is 9.47 Å². The monoisotopic (exact) mass is 348 g/mol. The van der Waals surface area contributed by atoms with E-state index in [9.17, 15) is 10.1 Å². The van der Waals surface area contributed by atoms with Crippen molar-refractivity contribution < 1.29 is 14.4 Å². The van der Waals surface area contributed by atoms with Gasteiger partial charge in [-0.2, -0.15) is 5.10 Å². The Morgan fingerprint density at radius 1 is 1.12 bits per heavy atom. The molecule has 26 heavy (non-hydrogen) atoms. The number of nitro groups is 1. The number of nitrogens with zero attached hydrogens (tertiary/aromatic N) is 4. The van der Waals surface area contributed by atoms with Crippen LogP contribution in [0.2, 0.25) is 0 Å². The van der Waals surface area contributed by atoms with E-state index in [0.717, 1.165) is 22.5 Å². The third-order valence-corrected chi connectivity index (χ3v) is 4.46. The number of hydrogen-bond donors (Lipinski definition) is 0. The van der Waals surface area contributed by atoms with Crippen LogP contribution < -0.4 is 9.47 Å². The van der Waals surface area contributed by atoms with Crippen LogP contribution in [0.5, 0.6) is 11.5 Å². The van der Waals surface area contributed by atoms with Gasteiger partial charge in [-0.25, -0.2) is 9.66 Å². The van der Waals surface area contributed by atoms with Crippen molar-refractivity contribution >= 4 is 11.4 Å². The lowest BCUT2D eigenvalue weighted by atomic mass is 9.95. The standard InChI is InChI=1S/C18H12N4O4/c23-22(24)13-3-1-11(2-4-13)18-14-9-16-15(25-10-26-16)7-12(14)8-17-19-5-6-21(17)20-18/h1-7,9H,8,10H2. The number of aromatic nitrogens is 2. The van der Waals surface area contributed by atoms with E-state index in [2.05, 4.69) is 4.98 Å². The van der Waals surface area contributed by atoms with Crippen molar-refractivity contribution in [2.45, 2.75) is 6.42 Å². The summed E-state index contributed by atoms with van der Waals surface area (Å²) in [6.45, 7) is 0.191. The van der Waals surface area contributed by atoms with Crippen molar-refractivity contribution in [1.29, 1.82) is 0 Å². The van der Waals surface area contributed by atoms with Crippen LogP contribution in [0.4, 0.5) is 5.69 Å². The second-order valence-corrected chi connectivity index (χ2v) is 5.98. The van der Waals surface area contributed by atoms with E-state index in [1.165, 1.54) is 12.1 Å². The highest BCUT2D eigenvalue weighted by Gasteiger charge is 2.24. The first-order valence-corrected chi connectivity index (χ1v) is 7.98. The number of fused-ring (bicyclic) bond motifs is 3. The Kier molecular flexibility index (Phi) is 3.05. The van der Waals surface area contributed by atoms with Gasteiger partial charge in [0, 0.05) is 42.1 Å². The fourth-order valence-electron chi connectivity index (χ4n) is 3.18. The zero-order valence-corrected chi connectivity index (χ0v) is 13.5. The quantitative estimate of drug-likeness (QED) is 0.410. The number of nitro benzene ring substituents is 1. The Morgan fingerprint density at radius 2 is 1.88 bits per heavy atom. The lowest BCUT2D eigenvalue weighted by Gasteiger charge is -2.10. The predicted octanol–water partition coefficient (Wildman–Crippen LogP) is 2.72. The molecule has 2 aromatic carbocycles. The van der Waals surface area contributed by atoms with Crippen LogP contribution in [0.1, 0.15) is 22.5 Å². The van der Waals surface area contributed by atoms with Crippen molar-refractivity contribution in [3.05, 3.63) is 81.4 Å². The summed E-state index contributed by atoms with van der Waals surface area (Å²) < 4.78 is 12.7. The summed E-state index contributed by atoms with van der Waals surface area (Å²) in [7, 11) is 0. The van der Waals surface area contributed by atoms with Gasteiger partial charge in [-0.15, -0.1) is 0 Å². The van der Waals surface area contributed by atoms with Crippen LogP contribution in [0, 0.1) is 10.1 Å². The normalized spacial score (nSPS) is 14.2. The summed E-state index contributed by atoms with van der Waals surface area (Å²) in [5, 5.41) is 15.6. The molecule has 0 spiro atoms. The zero-order chi connectivity index (χ0) is 17.7. The molecule has 0 fully saturated rings. The van der Waals surface area contributed by atoms with Crippen LogP contribution in [-0.2, 0) is 6.42 Å². The molecular weight excluding hydrogens is 336 g/mol. The van der Waals surface area contributed by atoms with Gasteiger partial charge in [0.2, 0.25) is 6.79 Å². The molecule has 3 aromatic rings. The lowest BCUT2D eigenvalue weighted by Crippen LogP contribution is -2.07. The van der Waals surface area contributed by atoms with Crippen LogP contribution in [0.15, 0.2) is 53.9 Å². The summed E-state index contributed by atoms with van der Waals surface area (Å²) in [4.78, 5) is 14.9. The maximum Gasteiger partial charge on any atom is 0.269 e. The molecule has 0 unspecified atom stereocenters. The highest BCUT2D eigenvalue weighted by atomic mass is 16.7. The number of rotatable bonds is 2. The fourth-order valence-corrected chi connectivity index (χ4v) is 3.18. The molecule has 3 heterocycles. The van der Waals surface area contributed by atoms with Crippen LogP contribution in [0.3, 0.4) is 0 Å². The summed E-state index contributed by atoms with van der Waals surface area (Å²) in [5.41, 5.74) is 3.42. The number of non-ortho nitro benzene ring substituents is 1. The van der Waals surface area contributed by atoms with E-state index < -0.39 is 4.92 Å². The molecule has 0 radical (unpaired) electrons. The summed E-state index contributed by atoms with van der Waals surface area (Å²) in [6.07, 6.45) is 4.08. The van der Waals surface area contributed by atoms with E-state index in [1.54, 1.807) is 29.2 Å². The number of ether oxygens (including phenoxy) is 2. The van der Waals surface area contributed by atoms with Gasteiger partial charge in [-0.1, -0.05) is 0 Å². The Labute approximate surface area is 147 Å². The molecular formula is C18H12N4O4. The Bertz CT molecular complexity index is 1070. The Morgan fingerprint density at radius 3 is 2.65 bits per heavy atom. The highest BCUT2D eigenvalue weighted by Crippen LogP contribution is 2.37. The van der Waals surface area contributed by atoms with Gasteiger partial charge in [0.1, 0.15) is 5.82 Å². The number of imidazole rings is 1. The van der Waals surface area contributed by atoms with E-state index in [1.807, 2.05) is 12.1 Å². The molecule has 0 N–H and O–H groups in total. The molecule has 8 nitrogen and oxygen atoms in total. The lowest BCUT2D eigenvalue weighted by molar-refractivity contribution is -0.384. The van der Waals surface area contributed by atoms with Crippen molar-refractivity contribution in [3.63, 3.8) is 0 Å². The first-order valence-electron chi connectivity index (χ1n) is 7.98. The molecule has 5 rings (SSSR count). The van der Waals surface area contributed by atoms with Gasteiger partial charge in [0.15, 0.2) is 11.5 Å². The minimum Gasteiger partial charge on any atom is -0.454 e. The summed E-state index contributed by atoms with van der Waals surface area (Å²) >= 11 is 0. The Balaban J connectivity index is 1.71. The first kappa shape index (κ1) is 14.6. The molecule has 128 valence electrons. The average molecular weight is 348 g/mol. The number of benzene rings is 2. The highest BCUT2D eigenvalue weighted by molar-refractivity contribution is 6.14. The van der Waals surface area contributed by atoms with E-state index in [4.69, 9.17) is 14.6 Å². The molecule has 0 amide bonds. The minimum absolute atomic E-state index is 0.0391. The zero-order valence-electron chi connectivity index (χ0n) is 13.5. The first-order chi connectivity index (χ1) is 12.7. The third-order valence-electron chi connectivity index (χ3n) is 4.46. The molecule has 0 atom stereocenters. The van der Waals surface area contributed by atoms with Crippen LogP contribution in [0.25, 0.3) is 0 Å². The molecule has 8 heteroatoms. The summed E-state index contributed by atoms with van der Waals surface area (Å²) in [5.74, 6) is 2.17. The van der Waals surface area contributed by atoms with Gasteiger partial charge >= 0.3 is 0 Å². The molecule has 2 aliphatic rings. The van der Waals surface area contributed by atoms with E-state index in [-0.39, 0.29) is 12.5 Å². The van der Waals surface area contributed by atoms with Crippen molar-refractivity contribution in [1.82, 2.24) is 9.66 Å². The van der Waals surface area contributed by atoms with Crippen molar-refractivity contribution in [3.8, 4) is 11.5 Å². The smallest absolute Gasteiger partial charge is 0.269 e. The minimum atomic E-state index is -0.418. The SMILES string of the molecule is O=[N+]([O-])c1ccc(C2=Nn3ccnc3Cc3cc4c(cc32)OCO4)cc1. The topological polar surface area (TPSA) is 91.8 Å². The number of hydrogen-bond acceptors (Lipinski definition) is 6. The molecule has 1 aromatic heterocycles. The largest absolute Gasteiger partial charge is 0.454 e. The molecule has 0 saturated heterocycles. The van der Waals surface area contributed by atoms with Gasteiger partial charge in [-0.3, -0.25) is 10.1 Å². The summed E-state index contributed by atoms with van der Waals surface area (Å²) in [6, 6.07) is 10.2. The van der Waals surface area contributed by atoms with Gasteiger partial charge in [0.25, 0.3) is 5.69 Å². The second kappa shape index (κ2) is 5.41. The fraction of sp³-hybridized carbons (Fsp3) is 0.111. The van der Waals surface area contributed by atoms with E-state index >= 15 is 0 Å². The maximum atomic E-state index is 10.9. The van der Waals surface area contributed by atoms with E-state index in [0.29, 0.717) is 23.6 Å². The molecule has 0 aliphatic carbocycles. The molecule has 0 bridgehead atoms. The Hall–Kier alpha value is -3.68. The average Bonchev–Trinajstić information content (AvgIpc) is 3.25.